The summed E-state index contributed by atoms with van der Waals surface area (Å²) in [5, 5.41) is 2.35. The van der Waals surface area contributed by atoms with Gasteiger partial charge >= 0.3 is 6.18 Å². The van der Waals surface area contributed by atoms with Crippen molar-refractivity contribution in [1.29, 1.82) is 0 Å². The molecule has 0 aliphatic heterocycles. The molecule has 0 saturated carbocycles. The SMILES string of the molecule is Cc1cc2c(cc(-c3ccc(C(F)(F)F)c([Si](C)(C)c4cc(-c5ccccc5)cc(-c5ccccc5)n4)n3)c3cnc(-c4ccccc4)nc32)s1. The Labute approximate surface area is 298 Å². The first kappa shape index (κ1) is 32.7. The van der Waals surface area contributed by atoms with Crippen LogP contribution in [0.2, 0.25) is 13.1 Å². The molecular weight excluding hydrogens is 678 g/mol. The van der Waals surface area contributed by atoms with Gasteiger partial charge in [0.15, 0.2) is 13.9 Å². The molecule has 0 bridgehead atoms. The molecule has 4 heterocycles. The third kappa shape index (κ3) is 6.13. The van der Waals surface area contributed by atoms with E-state index in [0.717, 1.165) is 48.1 Å². The van der Waals surface area contributed by atoms with E-state index in [-0.39, 0.29) is 5.32 Å². The second-order valence-electron chi connectivity index (χ2n) is 13.1. The predicted molar refractivity (Wildman–Crippen MR) is 205 cm³/mol. The summed E-state index contributed by atoms with van der Waals surface area (Å²) in [4.78, 5) is 20.9. The van der Waals surface area contributed by atoms with Crippen LogP contribution >= 0.6 is 11.3 Å². The van der Waals surface area contributed by atoms with Crippen LogP contribution in [-0.4, -0.2) is 28.0 Å². The van der Waals surface area contributed by atoms with Crippen molar-refractivity contribution in [3.05, 3.63) is 144 Å². The molecule has 0 fully saturated rings. The Morgan fingerprint density at radius 3 is 1.92 bits per heavy atom. The lowest BCUT2D eigenvalue weighted by Crippen LogP contribution is -2.58. The fourth-order valence-corrected chi connectivity index (χ4v) is 10.0. The number of pyridine rings is 2. The molecule has 0 aliphatic rings. The number of halogens is 3. The summed E-state index contributed by atoms with van der Waals surface area (Å²) in [5.41, 5.74) is 5.45. The second-order valence-corrected chi connectivity index (χ2v) is 18.6. The summed E-state index contributed by atoms with van der Waals surface area (Å²) in [6, 6.07) is 40.0. The van der Waals surface area contributed by atoms with Crippen LogP contribution in [0.1, 0.15) is 10.4 Å². The molecule has 250 valence electrons. The summed E-state index contributed by atoms with van der Waals surface area (Å²) in [7, 11) is -3.24. The maximum atomic E-state index is 14.9. The van der Waals surface area contributed by atoms with Gasteiger partial charge in [0.2, 0.25) is 0 Å². The van der Waals surface area contributed by atoms with Crippen LogP contribution in [0.15, 0.2) is 134 Å². The minimum Gasteiger partial charge on any atom is -0.257 e. The molecule has 0 amide bonds. The summed E-state index contributed by atoms with van der Waals surface area (Å²) in [5.74, 6) is 0.582. The van der Waals surface area contributed by atoms with Crippen molar-refractivity contribution >= 4 is 51.0 Å². The van der Waals surface area contributed by atoms with Crippen molar-refractivity contribution in [3.8, 4) is 45.0 Å². The molecule has 0 radical (unpaired) electrons. The van der Waals surface area contributed by atoms with Gasteiger partial charge in [-0.3, -0.25) is 9.97 Å². The minimum atomic E-state index is -4.62. The highest BCUT2D eigenvalue weighted by molar-refractivity contribution is 7.19. The highest BCUT2D eigenvalue weighted by Gasteiger charge is 2.42. The van der Waals surface area contributed by atoms with E-state index in [0.29, 0.717) is 28.1 Å². The molecule has 8 rings (SSSR count). The molecule has 0 unspecified atom stereocenters. The highest BCUT2D eigenvalue weighted by Crippen LogP contribution is 2.39. The summed E-state index contributed by atoms with van der Waals surface area (Å²) >= 11 is 1.62. The summed E-state index contributed by atoms with van der Waals surface area (Å²) in [6.45, 7) is 5.84. The minimum absolute atomic E-state index is 0.0293. The van der Waals surface area contributed by atoms with Crippen molar-refractivity contribution in [1.82, 2.24) is 19.9 Å². The Hall–Kier alpha value is -5.51. The molecule has 4 nitrogen and oxygen atoms in total. The predicted octanol–water partition coefficient (Wildman–Crippen LogP) is 10.5. The first-order valence-electron chi connectivity index (χ1n) is 16.5. The van der Waals surface area contributed by atoms with E-state index in [1.807, 2.05) is 129 Å². The maximum absolute atomic E-state index is 14.9. The van der Waals surface area contributed by atoms with Crippen molar-refractivity contribution in [2.75, 3.05) is 0 Å². The Morgan fingerprint density at radius 1 is 0.608 bits per heavy atom. The monoisotopic (exact) mass is 708 g/mol. The van der Waals surface area contributed by atoms with Crippen molar-refractivity contribution in [3.63, 3.8) is 0 Å². The van der Waals surface area contributed by atoms with Gasteiger partial charge in [0.25, 0.3) is 0 Å². The molecule has 9 heteroatoms. The lowest BCUT2D eigenvalue weighted by molar-refractivity contribution is -0.136. The number of thiophene rings is 1. The number of nitrogens with zero attached hydrogens (tertiary/aromatic N) is 4. The van der Waals surface area contributed by atoms with Gasteiger partial charge in [-0.1, -0.05) is 104 Å². The number of benzene rings is 4. The molecule has 0 spiro atoms. The summed E-state index contributed by atoms with van der Waals surface area (Å²) in [6.07, 6.45) is -2.85. The zero-order valence-electron chi connectivity index (χ0n) is 28.0. The zero-order valence-corrected chi connectivity index (χ0v) is 29.8. The van der Waals surface area contributed by atoms with E-state index >= 15 is 0 Å². The van der Waals surface area contributed by atoms with Crippen LogP contribution in [0.4, 0.5) is 13.2 Å². The maximum Gasteiger partial charge on any atom is 0.417 e. The van der Waals surface area contributed by atoms with E-state index in [4.69, 9.17) is 19.9 Å². The third-order valence-electron chi connectivity index (χ3n) is 9.24. The molecule has 0 atom stereocenters. The van der Waals surface area contributed by atoms with Gasteiger partial charge in [-0.2, -0.15) is 13.2 Å². The Kier molecular flexibility index (Phi) is 8.12. The molecule has 51 heavy (non-hydrogen) atoms. The van der Waals surface area contributed by atoms with Crippen LogP contribution in [0.5, 0.6) is 0 Å². The number of hydrogen-bond acceptors (Lipinski definition) is 5. The van der Waals surface area contributed by atoms with Crippen LogP contribution in [0.25, 0.3) is 66.0 Å². The Morgan fingerprint density at radius 2 is 1.25 bits per heavy atom. The number of rotatable bonds is 6. The zero-order chi connectivity index (χ0) is 35.3. The second kappa shape index (κ2) is 12.7. The van der Waals surface area contributed by atoms with Gasteiger partial charge in [-0.25, -0.2) is 9.97 Å². The number of aromatic nitrogens is 4. The fourth-order valence-electron chi connectivity index (χ4n) is 6.60. The summed E-state index contributed by atoms with van der Waals surface area (Å²) < 4.78 is 45.8. The first-order chi connectivity index (χ1) is 24.6. The quantitative estimate of drug-likeness (QED) is 0.161. The molecular formula is C42H31F3N4SSi. The largest absolute Gasteiger partial charge is 0.417 e. The standard InChI is InChI=1S/C42H31F3N4SSi/c1-26-21-32-37(50-26)24-31(33-25-46-40(49-39(32)33)29-17-11-6-12-18-29)35-20-19-34(42(43,44)45)41(48-35)51(2,3)38-23-30(27-13-7-4-8-14-27)22-36(47-38)28-15-9-5-10-16-28/h4-25H,1-3H3. The smallest absolute Gasteiger partial charge is 0.257 e. The van der Waals surface area contributed by atoms with Crippen molar-refractivity contribution in [2.45, 2.75) is 26.2 Å². The van der Waals surface area contributed by atoms with Gasteiger partial charge < -0.3 is 0 Å². The molecule has 4 aromatic carbocycles. The number of fused-ring (bicyclic) bond motifs is 3. The van der Waals surface area contributed by atoms with Gasteiger partial charge in [-0.05, 0) is 54.4 Å². The normalized spacial score (nSPS) is 12.1. The first-order valence-corrected chi connectivity index (χ1v) is 20.4. The van der Waals surface area contributed by atoms with Gasteiger partial charge in [0, 0.05) is 53.9 Å². The Balaban J connectivity index is 1.35. The molecule has 0 aliphatic carbocycles. The van der Waals surface area contributed by atoms with Crippen LogP contribution in [0.3, 0.4) is 0 Å². The third-order valence-corrected chi connectivity index (χ3v) is 13.3. The van der Waals surface area contributed by atoms with E-state index in [1.54, 1.807) is 17.5 Å². The topological polar surface area (TPSA) is 51.6 Å². The molecule has 8 aromatic rings. The molecule has 0 saturated heterocycles. The van der Waals surface area contributed by atoms with Crippen molar-refractivity contribution in [2.24, 2.45) is 0 Å². The van der Waals surface area contributed by atoms with E-state index < -0.39 is 19.8 Å². The van der Waals surface area contributed by atoms with Gasteiger partial charge in [0.05, 0.1) is 22.5 Å². The average molecular weight is 709 g/mol. The van der Waals surface area contributed by atoms with Crippen molar-refractivity contribution < 1.29 is 13.2 Å². The van der Waals surface area contributed by atoms with Crippen LogP contribution in [-0.2, 0) is 6.18 Å². The number of alkyl halides is 3. The average Bonchev–Trinajstić information content (AvgIpc) is 3.55. The van der Waals surface area contributed by atoms with Crippen LogP contribution in [0, 0.1) is 6.92 Å². The molecule has 4 aromatic heterocycles. The molecule has 0 N–H and O–H groups in total. The van der Waals surface area contributed by atoms with Gasteiger partial charge in [-0.15, -0.1) is 11.3 Å². The number of aryl methyl sites for hydroxylation is 1. The van der Waals surface area contributed by atoms with Crippen LogP contribution < -0.4 is 10.6 Å². The fraction of sp³-hybridized carbons (Fsp3) is 0.0952. The van der Waals surface area contributed by atoms with E-state index in [2.05, 4.69) is 6.07 Å². The highest BCUT2D eigenvalue weighted by atomic mass is 32.1. The van der Waals surface area contributed by atoms with E-state index in [1.165, 1.54) is 12.1 Å². The van der Waals surface area contributed by atoms with E-state index in [9.17, 15) is 13.2 Å². The lowest BCUT2D eigenvalue weighted by atomic mass is 10.0. The van der Waals surface area contributed by atoms with Gasteiger partial charge in [0.1, 0.15) is 0 Å². The Bertz CT molecular complexity index is 2490. The lowest BCUT2D eigenvalue weighted by Gasteiger charge is -2.27. The number of hydrogen-bond donors (Lipinski definition) is 0.